The van der Waals surface area contributed by atoms with E-state index in [0.717, 1.165) is 19.6 Å². The van der Waals surface area contributed by atoms with Gasteiger partial charge in [0.25, 0.3) is 5.91 Å². The van der Waals surface area contributed by atoms with Crippen molar-refractivity contribution in [1.82, 2.24) is 20.9 Å². The highest BCUT2D eigenvalue weighted by Crippen LogP contribution is 2.25. The van der Waals surface area contributed by atoms with Gasteiger partial charge in [0.15, 0.2) is 0 Å². The number of nitrogens with one attached hydrogen (secondary N) is 3. The molecule has 3 amide bonds. The van der Waals surface area contributed by atoms with Crippen LogP contribution in [0.15, 0.2) is 36.4 Å². The van der Waals surface area contributed by atoms with Crippen LogP contribution < -0.4 is 20.7 Å². The lowest BCUT2D eigenvalue weighted by Crippen LogP contribution is -2.49. The first-order valence-electron chi connectivity index (χ1n) is 17.6. The van der Waals surface area contributed by atoms with Crippen LogP contribution in [0.5, 0.6) is 5.75 Å². The number of hydrogen-bond acceptors (Lipinski definition) is 9. The molecule has 1 aromatic rings. The zero-order valence-corrected chi connectivity index (χ0v) is 31.0. The SMILES string of the molecule is COCC=CCOc1ccccc1C(=O)NC[C@@H](C[C@H](NC(=O)OC(C)(C)C)[C@@H](O)C[C@H](C(=O)NCCN1CCOCC1)C(C)C)C(C)C. The number of benzene rings is 1. The summed E-state index contributed by atoms with van der Waals surface area (Å²) in [6.45, 7) is 18.7. The topological polar surface area (TPSA) is 148 Å². The van der Waals surface area contributed by atoms with E-state index in [1.54, 1.807) is 46.1 Å². The number of rotatable bonds is 20. The van der Waals surface area contributed by atoms with Crippen LogP contribution in [0.2, 0.25) is 0 Å². The standard InChI is InChI=1S/C37H62N4O8/c1-26(2)28(25-39-34(43)29-13-9-10-14-33(29)48-20-12-11-19-46-8)23-31(40-36(45)49-37(5,6)7)32(42)24-30(27(3)4)35(44)38-15-16-41-17-21-47-22-18-41/h9-14,26-28,30-32,42H,15-25H2,1-8H3,(H,38,44)(H,39,43)(H,40,45)/t28-,30+,31+,32+/m1/s1. The van der Waals surface area contributed by atoms with E-state index in [9.17, 15) is 19.5 Å². The van der Waals surface area contributed by atoms with Crippen LogP contribution >= 0.6 is 0 Å². The van der Waals surface area contributed by atoms with Gasteiger partial charge < -0.3 is 40.0 Å². The van der Waals surface area contributed by atoms with Crippen molar-refractivity contribution < 1.29 is 38.4 Å². The van der Waals surface area contributed by atoms with E-state index in [2.05, 4.69) is 20.9 Å². The highest BCUT2D eigenvalue weighted by atomic mass is 16.6. The fourth-order valence-corrected chi connectivity index (χ4v) is 5.56. The Kier molecular flexibility index (Phi) is 18.7. The van der Waals surface area contributed by atoms with Gasteiger partial charge in [-0.3, -0.25) is 14.5 Å². The van der Waals surface area contributed by atoms with E-state index in [1.807, 2.05) is 45.9 Å². The number of nitrogens with zero attached hydrogens (tertiary/aromatic N) is 1. The van der Waals surface area contributed by atoms with Crippen molar-refractivity contribution in [3.05, 3.63) is 42.0 Å². The molecule has 1 fully saturated rings. The zero-order valence-electron chi connectivity index (χ0n) is 31.0. The summed E-state index contributed by atoms with van der Waals surface area (Å²) in [5.74, 6) is -0.487. The summed E-state index contributed by atoms with van der Waals surface area (Å²) in [5, 5.41) is 20.6. The number of aliphatic hydroxyl groups is 1. The molecule has 0 aromatic heterocycles. The minimum atomic E-state index is -1.04. The molecular formula is C37H62N4O8. The fraction of sp³-hybridized carbons (Fsp3) is 0.703. The Morgan fingerprint density at radius 2 is 1.65 bits per heavy atom. The smallest absolute Gasteiger partial charge is 0.407 e. The lowest BCUT2D eigenvalue weighted by molar-refractivity contribution is -0.127. The summed E-state index contributed by atoms with van der Waals surface area (Å²) in [6.07, 6.45) is 2.49. The molecule has 1 heterocycles. The maximum Gasteiger partial charge on any atom is 0.407 e. The Bertz CT molecular complexity index is 1160. The maximum atomic E-state index is 13.3. The Labute approximate surface area is 293 Å². The maximum absolute atomic E-state index is 13.3. The molecule has 49 heavy (non-hydrogen) atoms. The van der Waals surface area contributed by atoms with Gasteiger partial charge in [-0.2, -0.15) is 0 Å². The van der Waals surface area contributed by atoms with E-state index < -0.39 is 29.8 Å². The van der Waals surface area contributed by atoms with Gasteiger partial charge >= 0.3 is 6.09 Å². The van der Waals surface area contributed by atoms with E-state index >= 15 is 0 Å². The fourth-order valence-electron chi connectivity index (χ4n) is 5.56. The summed E-state index contributed by atoms with van der Waals surface area (Å²) in [5.41, 5.74) is -0.325. The van der Waals surface area contributed by atoms with Crippen molar-refractivity contribution in [3.8, 4) is 5.75 Å². The molecule has 1 aromatic carbocycles. The molecule has 0 saturated carbocycles. The quantitative estimate of drug-likeness (QED) is 0.149. The van der Waals surface area contributed by atoms with E-state index in [0.29, 0.717) is 57.3 Å². The number of ether oxygens (including phenoxy) is 4. The predicted molar refractivity (Wildman–Crippen MR) is 191 cm³/mol. The summed E-state index contributed by atoms with van der Waals surface area (Å²) in [7, 11) is 1.61. The molecule has 4 N–H and O–H groups in total. The molecular weight excluding hydrogens is 628 g/mol. The van der Waals surface area contributed by atoms with Crippen molar-refractivity contribution in [3.63, 3.8) is 0 Å². The molecule has 0 spiro atoms. The van der Waals surface area contributed by atoms with Gasteiger partial charge in [-0.25, -0.2) is 4.79 Å². The minimum absolute atomic E-state index is 0.0434. The van der Waals surface area contributed by atoms with Crippen molar-refractivity contribution in [1.29, 1.82) is 0 Å². The summed E-state index contributed by atoms with van der Waals surface area (Å²) >= 11 is 0. The van der Waals surface area contributed by atoms with Crippen LogP contribution in [-0.4, -0.2) is 112 Å². The first kappa shape index (κ1) is 42.0. The van der Waals surface area contributed by atoms with Crippen LogP contribution in [0.1, 0.15) is 71.7 Å². The highest BCUT2D eigenvalue weighted by Gasteiger charge is 2.33. The van der Waals surface area contributed by atoms with Gasteiger partial charge in [0.1, 0.15) is 18.0 Å². The number of morpholine rings is 1. The Balaban J connectivity index is 2.14. The number of hydrogen-bond donors (Lipinski definition) is 4. The van der Waals surface area contributed by atoms with E-state index in [-0.39, 0.29) is 36.0 Å². The van der Waals surface area contributed by atoms with Gasteiger partial charge in [0, 0.05) is 45.8 Å². The van der Waals surface area contributed by atoms with Gasteiger partial charge in [0.05, 0.1) is 37.5 Å². The Morgan fingerprint density at radius 3 is 2.29 bits per heavy atom. The zero-order chi connectivity index (χ0) is 36.4. The Morgan fingerprint density at radius 1 is 0.980 bits per heavy atom. The predicted octanol–water partition coefficient (Wildman–Crippen LogP) is 4.03. The highest BCUT2D eigenvalue weighted by molar-refractivity contribution is 5.96. The average molecular weight is 691 g/mol. The lowest BCUT2D eigenvalue weighted by atomic mass is 9.82. The van der Waals surface area contributed by atoms with Crippen LogP contribution in [-0.2, 0) is 19.0 Å². The van der Waals surface area contributed by atoms with Gasteiger partial charge in [-0.1, -0.05) is 45.9 Å². The van der Waals surface area contributed by atoms with Crippen molar-refractivity contribution in [2.45, 2.75) is 79.1 Å². The molecule has 1 aliphatic rings. The normalized spacial score (nSPS) is 16.6. The monoisotopic (exact) mass is 690 g/mol. The average Bonchev–Trinajstić information content (AvgIpc) is 3.04. The van der Waals surface area contributed by atoms with Gasteiger partial charge in [-0.05, 0) is 69.6 Å². The molecule has 12 nitrogen and oxygen atoms in total. The molecule has 278 valence electrons. The minimum Gasteiger partial charge on any atom is -0.489 e. The van der Waals surface area contributed by atoms with Crippen LogP contribution in [0.25, 0.3) is 0 Å². The number of amides is 3. The van der Waals surface area contributed by atoms with Crippen LogP contribution in [0.4, 0.5) is 4.79 Å². The second kappa shape index (κ2) is 21.8. The van der Waals surface area contributed by atoms with E-state index in [1.165, 1.54) is 0 Å². The number of methoxy groups -OCH3 is 1. The second-order valence-corrected chi connectivity index (χ2v) is 14.3. The molecule has 0 radical (unpaired) electrons. The summed E-state index contributed by atoms with van der Waals surface area (Å²) in [6, 6.07) is 6.33. The summed E-state index contributed by atoms with van der Waals surface area (Å²) in [4.78, 5) is 41.9. The van der Waals surface area contributed by atoms with Gasteiger partial charge in [-0.15, -0.1) is 0 Å². The number of carbonyl (C=O) groups is 3. The molecule has 1 saturated heterocycles. The number of para-hydroxylation sites is 1. The number of alkyl carbamates (subject to hydrolysis) is 1. The lowest BCUT2D eigenvalue weighted by Gasteiger charge is -2.33. The second-order valence-electron chi connectivity index (χ2n) is 14.3. The summed E-state index contributed by atoms with van der Waals surface area (Å²) < 4.78 is 21.8. The number of aliphatic hydroxyl groups excluding tert-OH is 1. The molecule has 0 aliphatic carbocycles. The molecule has 2 rings (SSSR count). The third-order valence-electron chi connectivity index (χ3n) is 8.56. The molecule has 0 bridgehead atoms. The third-order valence-corrected chi connectivity index (χ3v) is 8.56. The third kappa shape index (κ3) is 16.4. The van der Waals surface area contributed by atoms with E-state index in [4.69, 9.17) is 18.9 Å². The molecule has 1 aliphatic heterocycles. The first-order chi connectivity index (χ1) is 23.2. The number of carbonyl (C=O) groups excluding carboxylic acids is 3. The van der Waals surface area contributed by atoms with Gasteiger partial charge in [0.2, 0.25) is 5.91 Å². The van der Waals surface area contributed by atoms with Crippen molar-refractivity contribution in [2.24, 2.45) is 23.7 Å². The molecule has 0 unspecified atom stereocenters. The first-order valence-corrected chi connectivity index (χ1v) is 17.6. The molecule has 4 atom stereocenters. The Hall–Kier alpha value is -3.19. The van der Waals surface area contributed by atoms with Crippen molar-refractivity contribution >= 4 is 17.9 Å². The van der Waals surface area contributed by atoms with Crippen molar-refractivity contribution in [2.75, 3.05) is 66.3 Å². The molecule has 12 heteroatoms. The van der Waals surface area contributed by atoms with Crippen LogP contribution in [0, 0.1) is 23.7 Å². The largest absolute Gasteiger partial charge is 0.489 e. The van der Waals surface area contributed by atoms with Crippen LogP contribution in [0.3, 0.4) is 0 Å².